The number of benzene rings is 2. The van der Waals surface area contributed by atoms with Crippen LogP contribution in [0, 0.1) is 5.92 Å². The molecule has 5 nitrogen and oxygen atoms in total. The predicted molar refractivity (Wildman–Crippen MR) is 103 cm³/mol. The second-order valence-corrected chi connectivity index (χ2v) is 6.68. The van der Waals surface area contributed by atoms with Gasteiger partial charge in [0.25, 0.3) is 0 Å². The van der Waals surface area contributed by atoms with Crippen LogP contribution in [-0.4, -0.2) is 27.6 Å². The second-order valence-electron chi connectivity index (χ2n) is 6.24. The Bertz CT molecular complexity index is 846. The van der Waals surface area contributed by atoms with Crippen LogP contribution in [0.3, 0.4) is 0 Å². The summed E-state index contributed by atoms with van der Waals surface area (Å²) in [5, 5.41) is 10.8. The second kappa shape index (κ2) is 8.63. The number of hydrogen-bond acceptors (Lipinski definition) is 3. The number of rotatable bonds is 7. The quantitative estimate of drug-likeness (QED) is 0.668. The van der Waals surface area contributed by atoms with Crippen LogP contribution in [-0.2, 0) is 17.6 Å². The first-order chi connectivity index (χ1) is 12.6. The van der Waals surface area contributed by atoms with Crippen molar-refractivity contribution in [1.82, 2.24) is 20.5 Å². The van der Waals surface area contributed by atoms with Gasteiger partial charge in [0, 0.05) is 29.5 Å². The number of carbonyl (C=O) groups excluding carboxylic acids is 1. The zero-order valence-electron chi connectivity index (χ0n) is 14.6. The molecule has 2 N–H and O–H groups in total. The van der Waals surface area contributed by atoms with Crippen molar-refractivity contribution < 1.29 is 4.79 Å². The zero-order valence-corrected chi connectivity index (χ0v) is 15.3. The lowest BCUT2D eigenvalue weighted by Gasteiger charge is -2.11. The molecule has 1 amide bonds. The fourth-order valence-electron chi connectivity index (χ4n) is 2.67. The average Bonchev–Trinajstić information content (AvgIpc) is 3.12. The molecule has 0 saturated carbocycles. The molecular formula is C20H21ClN4O. The molecule has 0 fully saturated rings. The van der Waals surface area contributed by atoms with Crippen LogP contribution in [0.15, 0.2) is 54.6 Å². The highest BCUT2D eigenvalue weighted by Gasteiger charge is 2.13. The lowest BCUT2D eigenvalue weighted by molar-refractivity contribution is -0.124. The van der Waals surface area contributed by atoms with Crippen molar-refractivity contribution in [3.8, 4) is 11.4 Å². The standard InChI is InChI=1S/C20H21ClN4O/c1-14(13-15-5-3-2-4-6-15)20(26)22-12-11-18-23-19(25-24-18)16-7-9-17(21)10-8-16/h2-10,14H,11-13H2,1H3,(H,22,26)(H,23,24,25)/t14-/m0/s1. The minimum absolute atomic E-state index is 0.0475. The van der Waals surface area contributed by atoms with E-state index < -0.39 is 0 Å². The number of nitrogens with zero attached hydrogens (tertiary/aromatic N) is 2. The first kappa shape index (κ1) is 18.1. The van der Waals surface area contributed by atoms with Gasteiger partial charge in [0.05, 0.1) is 0 Å². The third-order valence-corrected chi connectivity index (χ3v) is 4.38. The molecule has 134 valence electrons. The minimum atomic E-state index is -0.0724. The molecule has 0 radical (unpaired) electrons. The zero-order chi connectivity index (χ0) is 18.4. The molecule has 3 aromatic rings. The number of hydrogen-bond donors (Lipinski definition) is 2. The van der Waals surface area contributed by atoms with Gasteiger partial charge in [-0.2, -0.15) is 5.10 Å². The molecule has 1 aromatic heterocycles. The number of aromatic amines is 1. The maximum atomic E-state index is 12.2. The summed E-state index contributed by atoms with van der Waals surface area (Å²) in [5.41, 5.74) is 2.07. The van der Waals surface area contributed by atoms with Crippen LogP contribution >= 0.6 is 11.6 Å². The summed E-state index contributed by atoms with van der Waals surface area (Å²) in [4.78, 5) is 16.7. The van der Waals surface area contributed by atoms with E-state index in [4.69, 9.17) is 11.6 Å². The van der Waals surface area contributed by atoms with Gasteiger partial charge in [0.15, 0.2) is 5.82 Å². The third-order valence-electron chi connectivity index (χ3n) is 4.13. The summed E-state index contributed by atoms with van der Waals surface area (Å²) in [5.74, 6) is 1.34. The van der Waals surface area contributed by atoms with Gasteiger partial charge in [-0.15, -0.1) is 0 Å². The molecule has 2 aromatic carbocycles. The van der Waals surface area contributed by atoms with E-state index in [2.05, 4.69) is 20.5 Å². The largest absolute Gasteiger partial charge is 0.355 e. The van der Waals surface area contributed by atoms with E-state index in [-0.39, 0.29) is 11.8 Å². The highest BCUT2D eigenvalue weighted by molar-refractivity contribution is 6.30. The van der Waals surface area contributed by atoms with E-state index in [1.807, 2.05) is 49.4 Å². The number of carbonyl (C=O) groups is 1. The summed E-state index contributed by atoms with van der Waals surface area (Å²) in [7, 11) is 0. The molecule has 6 heteroatoms. The van der Waals surface area contributed by atoms with Crippen LogP contribution in [0.25, 0.3) is 11.4 Å². The van der Waals surface area contributed by atoms with E-state index in [9.17, 15) is 4.79 Å². The summed E-state index contributed by atoms with van der Waals surface area (Å²) in [6, 6.07) is 17.4. The first-order valence-corrected chi connectivity index (χ1v) is 8.98. The maximum absolute atomic E-state index is 12.2. The average molecular weight is 369 g/mol. The van der Waals surface area contributed by atoms with E-state index in [1.54, 1.807) is 12.1 Å². The normalized spacial score (nSPS) is 11.9. The van der Waals surface area contributed by atoms with Gasteiger partial charge >= 0.3 is 0 Å². The van der Waals surface area contributed by atoms with Crippen LogP contribution < -0.4 is 5.32 Å². The molecule has 0 bridgehead atoms. The lowest BCUT2D eigenvalue weighted by atomic mass is 10.0. The Hall–Kier alpha value is -2.66. The van der Waals surface area contributed by atoms with E-state index in [0.29, 0.717) is 23.8 Å². The van der Waals surface area contributed by atoms with Crippen molar-refractivity contribution in [2.45, 2.75) is 19.8 Å². The monoisotopic (exact) mass is 368 g/mol. The van der Waals surface area contributed by atoms with E-state index in [1.165, 1.54) is 0 Å². The Morgan fingerprint density at radius 2 is 1.88 bits per heavy atom. The van der Waals surface area contributed by atoms with Crippen molar-refractivity contribution in [3.63, 3.8) is 0 Å². The van der Waals surface area contributed by atoms with Crippen LogP contribution in [0.5, 0.6) is 0 Å². The van der Waals surface area contributed by atoms with Gasteiger partial charge in [-0.25, -0.2) is 4.98 Å². The Labute approximate surface area is 157 Å². The van der Waals surface area contributed by atoms with Crippen molar-refractivity contribution in [1.29, 1.82) is 0 Å². The number of amides is 1. The Kier molecular flexibility index (Phi) is 6.02. The molecule has 1 heterocycles. The van der Waals surface area contributed by atoms with Crippen molar-refractivity contribution in [2.75, 3.05) is 6.54 Å². The topological polar surface area (TPSA) is 70.7 Å². The molecular weight excluding hydrogens is 348 g/mol. The molecule has 3 rings (SSSR count). The number of nitrogens with one attached hydrogen (secondary N) is 2. The number of aromatic nitrogens is 3. The first-order valence-electron chi connectivity index (χ1n) is 8.60. The summed E-state index contributed by atoms with van der Waals surface area (Å²) in [6.45, 7) is 2.46. The van der Waals surface area contributed by atoms with Crippen molar-refractivity contribution in [2.24, 2.45) is 5.92 Å². The highest BCUT2D eigenvalue weighted by atomic mass is 35.5. The molecule has 0 spiro atoms. The summed E-state index contributed by atoms with van der Waals surface area (Å²) in [6.07, 6.45) is 1.33. The molecule has 1 atom stereocenters. The Balaban J connectivity index is 1.47. The third kappa shape index (κ3) is 4.92. The van der Waals surface area contributed by atoms with E-state index >= 15 is 0 Å². The van der Waals surface area contributed by atoms with Gasteiger partial charge < -0.3 is 5.32 Å². The van der Waals surface area contributed by atoms with Crippen molar-refractivity contribution >= 4 is 17.5 Å². The maximum Gasteiger partial charge on any atom is 0.223 e. The Morgan fingerprint density at radius 3 is 2.62 bits per heavy atom. The van der Waals surface area contributed by atoms with Crippen molar-refractivity contribution in [3.05, 3.63) is 71.0 Å². The fourth-order valence-corrected chi connectivity index (χ4v) is 2.80. The molecule has 0 saturated heterocycles. The molecule has 0 aliphatic carbocycles. The molecule has 26 heavy (non-hydrogen) atoms. The molecule has 0 aliphatic rings. The predicted octanol–water partition coefficient (Wildman–Crippen LogP) is 3.66. The van der Waals surface area contributed by atoms with Gasteiger partial charge in [-0.05, 0) is 36.2 Å². The SMILES string of the molecule is C[C@@H](Cc1ccccc1)C(=O)NCCc1nc(-c2ccc(Cl)cc2)n[nH]1. The van der Waals surface area contributed by atoms with Gasteiger partial charge in [-0.3, -0.25) is 9.89 Å². The number of H-pyrrole nitrogens is 1. The van der Waals surface area contributed by atoms with Crippen LogP contribution in [0.2, 0.25) is 5.02 Å². The minimum Gasteiger partial charge on any atom is -0.355 e. The summed E-state index contributed by atoms with van der Waals surface area (Å²) < 4.78 is 0. The molecule has 0 aliphatic heterocycles. The van der Waals surface area contributed by atoms with Gasteiger partial charge in [-0.1, -0.05) is 48.9 Å². The van der Waals surface area contributed by atoms with Gasteiger partial charge in [0.2, 0.25) is 5.91 Å². The summed E-state index contributed by atoms with van der Waals surface area (Å²) >= 11 is 5.89. The highest BCUT2D eigenvalue weighted by Crippen LogP contribution is 2.17. The fraction of sp³-hybridized carbons (Fsp3) is 0.250. The lowest BCUT2D eigenvalue weighted by Crippen LogP contribution is -2.32. The Morgan fingerprint density at radius 1 is 1.15 bits per heavy atom. The smallest absolute Gasteiger partial charge is 0.223 e. The van der Waals surface area contributed by atoms with E-state index in [0.717, 1.165) is 23.4 Å². The van der Waals surface area contributed by atoms with Crippen LogP contribution in [0.1, 0.15) is 18.3 Å². The molecule has 0 unspecified atom stereocenters. The number of halogens is 1. The van der Waals surface area contributed by atoms with Gasteiger partial charge in [0.1, 0.15) is 5.82 Å². The van der Waals surface area contributed by atoms with Crippen LogP contribution in [0.4, 0.5) is 0 Å².